The Morgan fingerprint density at radius 3 is 2.54 bits per heavy atom. The standard InChI is InChI=1S/C21H19NO4/c1-15-8-10-16(11-9-15)22(13-17-5-4-12-24-17)21(23)20-14-25-18-6-2-3-7-19(18)26-20/h2-12,20H,13-14H2,1H3. The second kappa shape index (κ2) is 6.96. The van der Waals surface area contributed by atoms with Gasteiger partial charge in [-0.1, -0.05) is 29.8 Å². The third kappa shape index (κ3) is 3.28. The molecule has 1 unspecified atom stereocenters. The highest BCUT2D eigenvalue weighted by molar-refractivity contribution is 5.97. The van der Waals surface area contributed by atoms with E-state index in [1.165, 1.54) is 0 Å². The summed E-state index contributed by atoms with van der Waals surface area (Å²) in [6, 6.07) is 18.8. The van der Waals surface area contributed by atoms with Crippen LogP contribution in [0, 0.1) is 6.92 Å². The molecular formula is C21H19NO4. The van der Waals surface area contributed by atoms with Crippen molar-refractivity contribution in [3.63, 3.8) is 0 Å². The normalized spacial score (nSPS) is 15.5. The summed E-state index contributed by atoms with van der Waals surface area (Å²) in [6.45, 7) is 2.52. The van der Waals surface area contributed by atoms with Gasteiger partial charge in [0.15, 0.2) is 11.5 Å². The van der Waals surface area contributed by atoms with E-state index in [0.717, 1.165) is 11.3 Å². The molecule has 26 heavy (non-hydrogen) atoms. The molecule has 0 bridgehead atoms. The number of fused-ring (bicyclic) bond motifs is 1. The highest BCUT2D eigenvalue weighted by atomic mass is 16.6. The first kappa shape index (κ1) is 16.3. The summed E-state index contributed by atoms with van der Waals surface area (Å²) < 4.78 is 17.0. The summed E-state index contributed by atoms with van der Waals surface area (Å²) in [5.41, 5.74) is 1.92. The summed E-state index contributed by atoms with van der Waals surface area (Å²) in [6.07, 6.45) is 0.894. The third-order valence-corrected chi connectivity index (χ3v) is 4.29. The van der Waals surface area contributed by atoms with Crippen LogP contribution in [0.2, 0.25) is 0 Å². The molecule has 1 amide bonds. The molecule has 2 heterocycles. The molecule has 0 saturated heterocycles. The first-order valence-electron chi connectivity index (χ1n) is 8.49. The van der Waals surface area contributed by atoms with Crippen molar-refractivity contribution < 1.29 is 18.7 Å². The first-order chi connectivity index (χ1) is 12.7. The maximum Gasteiger partial charge on any atom is 0.272 e. The van der Waals surface area contributed by atoms with Crippen LogP contribution in [-0.2, 0) is 11.3 Å². The number of carbonyl (C=O) groups is 1. The number of nitrogens with zero attached hydrogens (tertiary/aromatic N) is 1. The number of carbonyl (C=O) groups excluding carboxylic acids is 1. The lowest BCUT2D eigenvalue weighted by atomic mass is 10.2. The average molecular weight is 349 g/mol. The predicted molar refractivity (Wildman–Crippen MR) is 97.4 cm³/mol. The molecule has 1 aliphatic heterocycles. The molecule has 1 aliphatic rings. The highest BCUT2D eigenvalue weighted by Crippen LogP contribution is 2.32. The molecule has 1 atom stereocenters. The molecule has 3 aromatic rings. The largest absolute Gasteiger partial charge is 0.485 e. The molecule has 2 aromatic carbocycles. The molecule has 0 saturated carbocycles. The zero-order valence-electron chi connectivity index (χ0n) is 14.4. The summed E-state index contributed by atoms with van der Waals surface area (Å²) >= 11 is 0. The maximum absolute atomic E-state index is 13.2. The lowest BCUT2D eigenvalue weighted by Gasteiger charge is -2.30. The lowest BCUT2D eigenvalue weighted by Crippen LogP contribution is -2.46. The van der Waals surface area contributed by atoms with E-state index in [0.29, 0.717) is 23.8 Å². The van der Waals surface area contributed by atoms with Gasteiger partial charge in [-0.2, -0.15) is 0 Å². The van der Waals surface area contributed by atoms with E-state index in [4.69, 9.17) is 13.9 Å². The second-order valence-corrected chi connectivity index (χ2v) is 6.20. The zero-order valence-corrected chi connectivity index (χ0v) is 14.4. The van der Waals surface area contributed by atoms with Gasteiger partial charge >= 0.3 is 0 Å². The van der Waals surface area contributed by atoms with Crippen molar-refractivity contribution in [1.82, 2.24) is 0 Å². The van der Waals surface area contributed by atoms with Gasteiger partial charge in [-0.25, -0.2) is 0 Å². The number of aryl methyl sites for hydroxylation is 1. The smallest absolute Gasteiger partial charge is 0.272 e. The van der Waals surface area contributed by atoms with Gasteiger partial charge in [0.25, 0.3) is 5.91 Å². The molecule has 132 valence electrons. The fraction of sp³-hybridized carbons (Fsp3) is 0.190. The van der Waals surface area contributed by atoms with Crippen molar-refractivity contribution in [2.75, 3.05) is 11.5 Å². The number of furan rings is 1. The minimum atomic E-state index is -0.707. The predicted octanol–water partition coefficient (Wildman–Crippen LogP) is 3.96. The van der Waals surface area contributed by atoms with Crippen molar-refractivity contribution >= 4 is 11.6 Å². The zero-order chi connectivity index (χ0) is 17.9. The Balaban J connectivity index is 1.61. The topological polar surface area (TPSA) is 51.9 Å². The number of hydrogen-bond donors (Lipinski definition) is 0. The van der Waals surface area contributed by atoms with Crippen LogP contribution in [0.1, 0.15) is 11.3 Å². The van der Waals surface area contributed by atoms with E-state index in [9.17, 15) is 4.79 Å². The Morgan fingerprint density at radius 2 is 1.81 bits per heavy atom. The summed E-state index contributed by atoms with van der Waals surface area (Å²) in [7, 11) is 0. The number of amides is 1. The molecule has 5 nitrogen and oxygen atoms in total. The summed E-state index contributed by atoms with van der Waals surface area (Å²) in [4.78, 5) is 14.9. The van der Waals surface area contributed by atoms with Gasteiger partial charge in [-0.05, 0) is 43.3 Å². The molecular weight excluding hydrogens is 330 g/mol. The quantitative estimate of drug-likeness (QED) is 0.715. The maximum atomic E-state index is 13.2. The van der Waals surface area contributed by atoms with E-state index in [1.807, 2.05) is 61.5 Å². The Kier molecular flexibility index (Phi) is 4.35. The molecule has 0 N–H and O–H groups in total. The number of para-hydroxylation sites is 2. The van der Waals surface area contributed by atoms with Gasteiger partial charge in [-0.3, -0.25) is 4.79 Å². The fourth-order valence-electron chi connectivity index (χ4n) is 2.89. The molecule has 0 fully saturated rings. The summed E-state index contributed by atoms with van der Waals surface area (Å²) in [5, 5.41) is 0. The number of anilines is 1. The van der Waals surface area contributed by atoms with Gasteiger partial charge in [0.2, 0.25) is 6.10 Å². The van der Waals surface area contributed by atoms with Crippen LogP contribution in [0.4, 0.5) is 5.69 Å². The van der Waals surface area contributed by atoms with Crippen LogP contribution in [0.5, 0.6) is 11.5 Å². The highest BCUT2D eigenvalue weighted by Gasteiger charge is 2.32. The van der Waals surface area contributed by atoms with Gasteiger partial charge in [0, 0.05) is 5.69 Å². The number of hydrogen-bond acceptors (Lipinski definition) is 4. The van der Waals surface area contributed by atoms with Gasteiger partial charge in [0.1, 0.15) is 12.4 Å². The third-order valence-electron chi connectivity index (χ3n) is 4.29. The van der Waals surface area contributed by atoms with Crippen LogP contribution < -0.4 is 14.4 Å². The molecule has 5 heteroatoms. The van der Waals surface area contributed by atoms with Crippen LogP contribution in [-0.4, -0.2) is 18.6 Å². The van der Waals surface area contributed by atoms with E-state index in [2.05, 4.69) is 0 Å². The number of benzene rings is 2. The number of rotatable bonds is 4. The van der Waals surface area contributed by atoms with E-state index < -0.39 is 6.10 Å². The average Bonchev–Trinajstić information content (AvgIpc) is 3.19. The van der Waals surface area contributed by atoms with Crippen molar-refractivity contribution in [1.29, 1.82) is 0 Å². The lowest BCUT2D eigenvalue weighted by molar-refractivity contribution is -0.127. The Labute approximate surface area is 151 Å². The van der Waals surface area contributed by atoms with Gasteiger partial charge in [-0.15, -0.1) is 0 Å². The van der Waals surface area contributed by atoms with Crippen molar-refractivity contribution in [2.24, 2.45) is 0 Å². The van der Waals surface area contributed by atoms with Gasteiger partial charge in [0.05, 0.1) is 12.8 Å². The minimum Gasteiger partial charge on any atom is -0.485 e. The van der Waals surface area contributed by atoms with Gasteiger partial charge < -0.3 is 18.8 Å². The number of ether oxygens (including phenoxy) is 2. The van der Waals surface area contributed by atoms with Crippen LogP contribution in [0.3, 0.4) is 0 Å². The van der Waals surface area contributed by atoms with E-state index >= 15 is 0 Å². The van der Waals surface area contributed by atoms with E-state index in [-0.39, 0.29) is 12.5 Å². The second-order valence-electron chi connectivity index (χ2n) is 6.20. The first-order valence-corrected chi connectivity index (χ1v) is 8.49. The monoisotopic (exact) mass is 349 g/mol. The van der Waals surface area contributed by atoms with Crippen molar-refractivity contribution in [2.45, 2.75) is 19.6 Å². The van der Waals surface area contributed by atoms with Crippen LogP contribution in [0.25, 0.3) is 0 Å². The Morgan fingerprint density at radius 1 is 1.04 bits per heavy atom. The fourth-order valence-corrected chi connectivity index (χ4v) is 2.89. The molecule has 0 spiro atoms. The molecule has 0 radical (unpaired) electrons. The minimum absolute atomic E-state index is 0.167. The SMILES string of the molecule is Cc1ccc(N(Cc2ccco2)C(=O)C2COc3ccccc3O2)cc1. The van der Waals surface area contributed by atoms with E-state index in [1.54, 1.807) is 17.2 Å². The summed E-state index contributed by atoms with van der Waals surface area (Å²) in [5.74, 6) is 1.78. The Hall–Kier alpha value is -3.21. The van der Waals surface area contributed by atoms with Crippen LogP contribution in [0.15, 0.2) is 71.3 Å². The molecule has 0 aliphatic carbocycles. The van der Waals surface area contributed by atoms with Crippen molar-refractivity contribution in [3.8, 4) is 11.5 Å². The van der Waals surface area contributed by atoms with Crippen molar-refractivity contribution in [3.05, 3.63) is 78.3 Å². The van der Waals surface area contributed by atoms with Crippen LogP contribution >= 0.6 is 0 Å². The molecule has 4 rings (SSSR count). The molecule has 1 aromatic heterocycles. The Bertz CT molecular complexity index is 887.